The van der Waals surface area contributed by atoms with E-state index in [0.717, 1.165) is 12.8 Å². The van der Waals surface area contributed by atoms with Gasteiger partial charge in [-0.2, -0.15) is 0 Å². The number of hydrogen-bond acceptors (Lipinski definition) is 8. The molecule has 0 atom stereocenters. The number of unbranched alkanes of at least 4 members (excludes halogenated alkanes) is 3. The smallest absolute Gasteiger partial charge is 0.338 e. The van der Waals surface area contributed by atoms with E-state index in [1.807, 2.05) is 0 Å². The lowest BCUT2D eigenvalue weighted by atomic mass is 10.1. The third-order valence-corrected chi connectivity index (χ3v) is 4.41. The fourth-order valence-corrected chi connectivity index (χ4v) is 2.70. The Morgan fingerprint density at radius 3 is 1.87 bits per heavy atom. The van der Waals surface area contributed by atoms with Crippen LogP contribution in [-0.4, -0.2) is 47.6 Å². The average Bonchev–Trinajstić information content (AvgIpc) is 2.75. The summed E-state index contributed by atoms with van der Waals surface area (Å²) < 4.78 is 15.3. The molecule has 2 aromatic rings. The van der Waals surface area contributed by atoms with Crippen LogP contribution < -0.4 is 4.74 Å². The van der Waals surface area contributed by atoms with Gasteiger partial charge in [-0.25, -0.2) is 9.59 Å². The number of carbonyl (C=O) groups is 2. The summed E-state index contributed by atoms with van der Waals surface area (Å²) in [6.07, 6.45) is 2.94. The van der Waals surface area contributed by atoms with Crippen molar-refractivity contribution in [2.75, 3.05) is 20.3 Å². The minimum atomic E-state index is -0.511. The molecule has 0 saturated carbocycles. The number of aliphatic hydroxyl groups excluding tert-OH is 1. The Labute approximate surface area is 174 Å². The molecule has 0 amide bonds. The van der Waals surface area contributed by atoms with Crippen LogP contribution in [0, 0.1) is 0 Å². The minimum absolute atomic E-state index is 0.0472. The van der Waals surface area contributed by atoms with E-state index in [4.69, 9.17) is 19.3 Å². The minimum Gasteiger partial charge on any atom is -0.508 e. The molecule has 0 saturated heterocycles. The van der Waals surface area contributed by atoms with Crippen molar-refractivity contribution in [3.63, 3.8) is 0 Å². The van der Waals surface area contributed by atoms with Gasteiger partial charge in [0.2, 0.25) is 0 Å². The number of carbonyl (C=O) groups excluding carboxylic acids is 2. The summed E-state index contributed by atoms with van der Waals surface area (Å²) in [5, 5.41) is 28.2. The number of aliphatic hydroxyl groups is 1. The van der Waals surface area contributed by atoms with Gasteiger partial charge in [0.1, 0.15) is 5.75 Å². The van der Waals surface area contributed by atoms with Crippen LogP contribution in [0.4, 0.5) is 0 Å². The summed E-state index contributed by atoms with van der Waals surface area (Å²) in [5.41, 5.74) is 0.842. The Bertz CT molecular complexity index is 791. The van der Waals surface area contributed by atoms with E-state index in [9.17, 15) is 19.8 Å². The zero-order valence-electron chi connectivity index (χ0n) is 16.8. The van der Waals surface area contributed by atoms with Crippen molar-refractivity contribution in [3.05, 3.63) is 53.1 Å². The molecule has 0 unspecified atom stereocenters. The topological polar surface area (TPSA) is 123 Å². The number of ether oxygens (including phenoxy) is 3. The molecule has 30 heavy (non-hydrogen) atoms. The lowest BCUT2D eigenvalue weighted by Crippen LogP contribution is -2.08. The number of esters is 2. The van der Waals surface area contributed by atoms with Gasteiger partial charge in [-0.15, -0.1) is 0 Å². The van der Waals surface area contributed by atoms with Crippen molar-refractivity contribution >= 4 is 11.9 Å². The molecular formula is C22H26O8. The number of benzene rings is 2. The van der Waals surface area contributed by atoms with Crippen molar-refractivity contribution in [1.29, 1.82) is 0 Å². The predicted molar refractivity (Wildman–Crippen MR) is 108 cm³/mol. The van der Waals surface area contributed by atoms with Gasteiger partial charge in [-0.3, -0.25) is 0 Å². The fourth-order valence-electron chi connectivity index (χ4n) is 2.70. The molecule has 0 fully saturated rings. The molecule has 0 radical (unpaired) electrons. The fraction of sp³-hybridized carbons (Fsp3) is 0.364. The van der Waals surface area contributed by atoms with E-state index in [0.29, 0.717) is 18.4 Å². The van der Waals surface area contributed by atoms with Crippen LogP contribution in [0.15, 0.2) is 36.4 Å². The number of phenolic OH excluding ortho intramolecular Hbond substituents is 1. The normalized spacial score (nSPS) is 10.5. The SMILES string of the molecule is COc1cc(C(=O)OCCCCCCOC(=O)c2ccc(O)c(CO)c2)ccc1O. The highest BCUT2D eigenvalue weighted by Gasteiger charge is 2.12. The summed E-state index contributed by atoms with van der Waals surface area (Å²) in [6, 6.07) is 8.44. The van der Waals surface area contributed by atoms with Crippen LogP contribution in [0.5, 0.6) is 17.2 Å². The van der Waals surface area contributed by atoms with Crippen LogP contribution >= 0.6 is 0 Å². The molecule has 0 heterocycles. The molecule has 8 heteroatoms. The zero-order chi connectivity index (χ0) is 21.9. The standard InChI is InChI=1S/C22H26O8/c1-28-20-13-16(7-9-19(20)25)22(27)30-11-5-3-2-4-10-29-21(26)15-6-8-18(24)17(12-15)14-23/h6-9,12-13,23-25H,2-5,10-11,14H2,1H3. The van der Waals surface area contributed by atoms with E-state index in [-0.39, 0.29) is 48.2 Å². The quantitative estimate of drug-likeness (QED) is 0.376. The molecule has 0 bridgehead atoms. The second-order valence-corrected chi connectivity index (χ2v) is 6.57. The molecule has 2 aromatic carbocycles. The zero-order valence-corrected chi connectivity index (χ0v) is 16.8. The molecule has 3 N–H and O–H groups in total. The van der Waals surface area contributed by atoms with Gasteiger partial charge in [-0.05, 0) is 62.1 Å². The Hall–Kier alpha value is -3.26. The van der Waals surface area contributed by atoms with Crippen LogP contribution in [0.1, 0.15) is 52.0 Å². The highest BCUT2D eigenvalue weighted by Crippen LogP contribution is 2.26. The monoisotopic (exact) mass is 418 g/mol. The highest BCUT2D eigenvalue weighted by molar-refractivity contribution is 5.90. The van der Waals surface area contributed by atoms with Crippen molar-refractivity contribution < 1.29 is 39.1 Å². The molecule has 162 valence electrons. The average molecular weight is 418 g/mol. The lowest BCUT2D eigenvalue weighted by Gasteiger charge is -2.08. The Morgan fingerprint density at radius 2 is 1.33 bits per heavy atom. The van der Waals surface area contributed by atoms with E-state index in [1.54, 1.807) is 0 Å². The van der Waals surface area contributed by atoms with Crippen molar-refractivity contribution in [2.24, 2.45) is 0 Å². The first-order chi connectivity index (χ1) is 14.5. The second kappa shape index (κ2) is 11.7. The largest absolute Gasteiger partial charge is 0.508 e. The van der Waals surface area contributed by atoms with E-state index in [2.05, 4.69) is 0 Å². The van der Waals surface area contributed by atoms with E-state index in [1.165, 1.54) is 43.5 Å². The number of methoxy groups -OCH3 is 1. The Kier molecular flexibility index (Phi) is 8.96. The molecule has 0 aromatic heterocycles. The Balaban J connectivity index is 1.60. The maximum absolute atomic E-state index is 12.0. The summed E-state index contributed by atoms with van der Waals surface area (Å²) in [5.74, 6) is -0.909. The Morgan fingerprint density at radius 1 is 0.800 bits per heavy atom. The van der Waals surface area contributed by atoms with Crippen LogP contribution in [0.2, 0.25) is 0 Å². The van der Waals surface area contributed by atoms with Crippen molar-refractivity contribution in [3.8, 4) is 17.2 Å². The van der Waals surface area contributed by atoms with Gasteiger partial charge in [-0.1, -0.05) is 0 Å². The van der Waals surface area contributed by atoms with Gasteiger partial charge in [0.15, 0.2) is 11.5 Å². The lowest BCUT2D eigenvalue weighted by molar-refractivity contribution is 0.0473. The molecule has 0 spiro atoms. The maximum Gasteiger partial charge on any atom is 0.338 e. The van der Waals surface area contributed by atoms with Gasteiger partial charge in [0, 0.05) is 5.56 Å². The number of aromatic hydroxyl groups is 2. The van der Waals surface area contributed by atoms with Gasteiger partial charge in [0.25, 0.3) is 0 Å². The second-order valence-electron chi connectivity index (χ2n) is 6.57. The van der Waals surface area contributed by atoms with Crippen LogP contribution in [0.25, 0.3) is 0 Å². The van der Waals surface area contributed by atoms with Crippen LogP contribution in [0.3, 0.4) is 0 Å². The summed E-state index contributed by atoms with van der Waals surface area (Å²) in [6.45, 7) is 0.151. The molecule has 0 aliphatic heterocycles. The first-order valence-electron chi connectivity index (χ1n) is 9.60. The maximum atomic E-state index is 12.0. The summed E-state index contributed by atoms with van der Waals surface area (Å²) in [4.78, 5) is 24.0. The first-order valence-corrected chi connectivity index (χ1v) is 9.60. The third kappa shape index (κ3) is 6.66. The third-order valence-electron chi connectivity index (χ3n) is 4.41. The van der Waals surface area contributed by atoms with Gasteiger partial charge in [0.05, 0.1) is 38.1 Å². The van der Waals surface area contributed by atoms with E-state index < -0.39 is 11.9 Å². The molecule has 2 rings (SSSR count). The number of phenols is 2. The number of hydrogen-bond donors (Lipinski definition) is 3. The van der Waals surface area contributed by atoms with Gasteiger partial charge >= 0.3 is 11.9 Å². The number of rotatable bonds is 11. The van der Waals surface area contributed by atoms with E-state index >= 15 is 0 Å². The summed E-state index contributed by atoms with van der Waals surface area (Å²) >= 11 is 0. The van der Waals surface area contributed by atoms with Crippen molar-refractivity contribution in [2.45, 2.75) is 32.3 Å². The summed E-state index contributed by atoms with van der Waals surface area (Å²) in [7, 11) is 1.40. The predicted octanol–water partition coefficient (Wildman–Crippen LogP) is 3.17. The highest BCUT2D eigenvalue weighted by atomic mass is 16.5. The van der Waals surface area contributed by atoms with Gasteiger partial charge < -0.3 is 29.5 Å². The molecule has 8 nitrogen and oxygen atoms in total. The first kappa shape index (κ1) is 23.0. The molecule has 0 aliphatic carbocycles. The van der Waals surface area contributed by atoms with Crippen LogP contribution in [-0.2, 0) is 16.1 Å². The molecular weight excluding hydrogens is 392 g/mol. The molecule has 0 aliphatic rings. The van der Waals surface area contributed by atoms with Crippen molar-refractivity contribution in [1.82, 2.24) is 0 Å².